The van der Waals surface area contributed by atoms with E-state index < -0.39 is 0 Å². The zero-order chi connectivity index (χ0) is 12.1. The summed E-state index contributed by atoms with van der Waals surface area (Å²) in [5.41, 5.74) is 6.64. The van der Waals surface area contributed by atoms with Crippen molar-refractivity contribution in [3.63, 3.8) is 0 Å². The second-order valence-corrected chi connectivity index (χ2v) is 4.60. The van der Waals surface area contributed by atoms with Gasteiger partial charge in [-0.15, -0.1) is 0 Å². The van der Waals surface area contributed by atoms with Gasteiger partial charge in [-0.05, 0) is 45.0 Å². The predicted octanol–water partition coefficient (Wildman–Crippen LogP) is 1.58. The highest BCUT2D eigenvalue weighted by molar-refractivity contribution is 5.21. The summed E-state index contributed by atoms with van der Waals surface area (Å²) in [5, 5.41) is 0. The summed E-state index contributed by atoms with van der Waals surface area (Å²) in [7, 11) is 0. The van der Waals surface area contributed by atoms with Crippen LogP contribution < -0.4 is 10.5 Å². The first-order valence-electron chi connectivity index (χ1n) is 6.32. The Morgan fingerprint density at radius 2 is 2.18 bits per heavy atom. The number of hydrogen-bond donors (Lipinski definition) is 1. The van der Waals surface area contributed by atoms with Crippen LogP contribution >= 0.6 is 0 Å². The molecule has 0 amide bonds. The van der Waals surface area contributed by atoms with Crippen LogP contribution in [0.5, 0.6) is 5.75 Å². The molecule has 0 radical (unpaired) electrons. The van der Waals surface area contributed by atoms with E-state index in [1.165, 1.54) is 25.9 Å². The van der Waals surface area contributed by atoms with Gasteiger partial charge in [-0.25, -0.2) is 0 Å². The molecule has 0 aliphatic carbocycles. The average Bonchev–Trinajstić information content (AvgIpc) is 2.83. The first-order valence-corrected chi connectivity index (χ1v) is 6.32. The number of ether oxygens (including phenoxy) is 1. The van der Waals surface area contributed by atoms with Crippen LogP contribution in [0.25, 0.3) is 0 Å². The van der Waals surface area contributed by atoms with Crippen LogP contribution in [0.1, 0.15) is 31.5 Å². The molecule has 1 saturated heterocycles. The molecular weight excluding hydrogens is 214 g/mol. The van der Waals surface area contributed by atoms with E-state index in [1.54, 1.807) is 6.20 Å². The first-order chi connectivity index (χ1) is 8.25. The second kappa shape index (κ2) is 5.98. The molecule has 2 N–H and O–H groups in total. The van der Waals surface area contributed by atoms with Gasteiger partial charge in [0.1, 0.15) is 12.4 Å². The third-order valence-electron chi connectivity index (χ3n) is 3.10. The van der Waals surface area contributed by atoms with Crippen LogP contribution in [0.2, 0.25) is 0 Å². The molecule has 2 rings (SSSR count). The van der Waals surface area contributed by atoms with Crippen LogP contribution in [0, 0.1) is 0 Å². The lowest BCUT2D eigenvalue weighted by atomic mass is 10.2. The maximum Gasteiger partial charge on any atom is 0.137 e. The third-order valence-corrected chi connectivity index (χ3v) is 3.10. The fraction of sp³-hybridized carbons (Fsp3) is 0.615. The molecule has 0 bridgehead atoms. The van der Waals surface area contributed by atoms with Crippen molar-refractivity contribution >= 4 is 0 Å². The fourth-order valence-electron chi connectivity index (χ4n) is 2.05. The average molecular weight is 235 g/mol. The van der Waals surface area contributed by atoms with Crippen molar-refractivity contribution < 1.29 is 4.74 Å². The maximum absolute atomic E-state index is 5.74. The van der Waals surface area contributed by atoms with Gasteiger partial charge in [0, 0.05) is 12.6 Å². The van der Waals surface area contributed by atoms with Gasteiger partial charge in [0.25, 0.3) is 0 Å². The van der Waals surface area contributed by atoms with Crippen molar-refractivity contribution in [2.24, 2.45) is 5.73 Å². The molecule has 0 saturated carbocycles. The summed E-state index contributed by atoms with van der Waals surface area (Å²) in [6.45, 7) is 6.10. The molecule has 1 fully saturated rings. The molecule has 94 valence electrons. The number of rotatable bonds is 5. The lowest BCUT2D eigenvalue weighted by molar-refractivity contribution is 0.237. The number of pyridine rings is 1. The standard InChI is InChI=1S/C13H21N3O/c1-11(14)13-5-4-12(10-15-13)17-9-8-16-6-2-3-7-16/h4-5,10-11H,2-3,6-9,14H2,1H3/t11-/m1/s1. The van der Waals surface area contributed by atoms with Crippen LogP contribution in [-0.4, -0.2) is 36.1 Å². The van der Waals surface area contributed by atoms with E-state index in [4.69, 9.17) is 10.5 Å². The number of hydrogen-bond acceptors (Lipinski definition) is 4. The summed E-state index contributed by atoms with van der Waals surface area (Å²) in [6.07, 6.45) is 4.40. The summed E-state index contributed by atoms with van der Waals surface area (Å²) < 4.78 is 5.66. The van der Waals surface area contributed by atoms with Gasteiger partial charge < -0.3 is 10.5 Å². The van der Waals surface area contributed by atoms with E-state index in [0.29, 0.717) is 0 Å². The minimum absolute atomic E-state index is 0.0198. The first kappa shape index (κ1) is 12.3. The lowest BCUT2D eigenvalue weighted by Gasteiger charge is -2.15. The van der Waals surface area contributed by atoms with E-state index in [1.807, 2.05) is 19.1 Å². The zero-order valence-electron chi connectivity index (χ0n) is 10.4. The quantitative estimate of drug-likeness (QED) is 0.841. The van der Waals surface area contributed by atoms with Gasteiger partial charge in [-0.1, -0.05) is 0 Å². The smallest absolute Gasteiger partial charge is 0.137 e. The summed E-state index contributed by atoms with van der Waals surface area (Å²) >= 11 is 0. The molecule has 1 atom stereocenters. The van der Waals surface area contributed by atoms with Crippen LogP contribution in [-0.2, 0) is 0 Å². The van der Waals surface area contributed by atoms with Crippen LogP contribution in [0.4, 0.5) is 0 Å². The fourth-order valence-corrected chi connectivity index (χ4v) is 2.05. The lowest BCUT2D eigenvalue weighted by Crippen LogP contribution is -2.25. The van der Waals surface area contributed by atoms with Crippen LogP contribution in [0.15, 0.2) is 18.3 Å². The molecular formula is C13H21N3O. The van der Waals surface area contributed by atoms with E-state index in [9.17, 15) is 0 Å². The Kier molecular flexibility index (Phi) is 4.34. The molecule has 1 aromatic rings. The Hall–Kier alpha value is -1.13. The molecule has 0 spiro atoms. The van der Waals surface area contributed by atoms with Crippen molar-refractivity contribution in [1.29, 1.82) is 0 Å². The Labute approximate surface area is 103 Å². The number of aromatic nitrogens is 1. The Morgan fingerprint density at radius 3 is 2.76 bits per heavy atom. The predicted molar refractivity (Wildman–Crippen MR) is 68.0 cm³/mol. The van der Waals surface area contributed by atoms with Crippen molar-refractivity contribution in [1.82, 2.24) is 9.88 Å². The van der Waals surface area contributed by atoms with Gasteiger partial charge in [-0.3, -0.25) is 9.88 Å². The SMILES string of the molecule is C[C@@H](N)c1ccc(OCCN2CCCC2)cn1. The second-order valence-electron chi connectivity index (χ2n) is 4.60. The molecule has 1 aliphatic heterocycles. The van der Waals surface area contributed by atoms with Crippen LogP contribution in [0.3, 0.4) is 0 Å². The van der Waals surface area contributed by atoms with E-state index in [0.717, 1.165) is 24.6 Å². The molecule has 4 heteroatoms. The highest BCUT2D eigenvalue weighted by Gasteiger charge is 2.10. The van der Waals surface area contributed by atoms with Crippen molar-refractivity contribution in [2.45, 2.75) is 25.8 Å². The normalized spacial score (nSPS) is 18.2. The Balaban J connectivity index is 1.74. The monoisotopic (exact) mass is 235 g/mol. The maximum atomic E-state index is 5.74. The Morgan fingerprint density at radius 1 is 1.41 bits per heavy atom. The minimum Gasteiger partial charge on any atom is -0.491 e. The van der Waals surface area contributed by atoms with Gasteiger partial charge in [0.15, 0.2) is 0 Å². The molecule has 17 heavy (non-hydrogen) atoms. The third kappa shape index (κ3) is 3.68. The molecule has 0 aromatic carbocycles. The van der Waals surface area contributed by atoms with Gasteiger partial charge >= 0.3 is 0 Å². The summed E-state index contributed by atoms with van der Waals surface area (Å²) in [4.78, 5) is 6.70. The molecule has 4 nitrogen and oxygen atoms in total. The highest BCUT2D eigenvalue weighted by Crippen LogP contribution is 2.13. The highest BCUT2D eigenvalue weighted by atomic mass is 16.5. The molecule has 1 aliphatic rings. The van der Waals surface area contributed by atoms with E-state index >= 15 is 0 Å². The topological polar surface area (TPSA) is 51.4 Å². The van der Waals surface area contributed by atoms with Crippen molar-refractivity contribution in [2.75, 3.05) is 26.2 Å². The van der Waals surface area contributed by atoms with Crippen molar-refractivity contribution in [3.05, 3.63) is 24.0 Å². The van der Waals surface area contributed by atoms with E-state index in [2.05, 4.69) is 9.88 Å². The van der Waals surface area contributed by atoms with Gasteiger partial charge in [-0.2, -0.15) is 0 Å². The van der Waals surface area contributed by atoms with Gasteiger partial charge in [0.2, 0.25) is 0 Å². The number of likely N-dealkylation sites (tertiary alicyclic amines) is 1. The number of nitrogens with two attached hydrogens (primary N) is 1. The molecule has 2 heterocycles. The Bertz CT molecular complexity index is 331. The van der Waals surface area contributed by atoms with Gasteiger partial charge in [0.05, 0.1) is 11.9 Å². The van der Waals surface area contributed by atoms with Crippen molar-refractivity contribution in [3.8, 4) is 5.75 Å². The summed E-state index contributed by atoms with van der Waals surface area (Å²) in [6, 6.07) is 3.85. The molecule has 0 unspecified atom stereocenters. The molecule has 1 aromatic heterocycles. The van der Waals surface area contributed by atoms with E-state index in [-0.39, 0.29) is 6.04 Å². The minimum atomic E-state index is -0.0198. The number of nitrogens with zero attached hydrogens (tertiary/aromatic N) is 2. The zero-order valence-corrected chi connectivity index (χ0v) is 10.4. The summed E-state index contributed by atoms with van der Waals surface area (Å²) in [5.74, 6) is 0.827. The largest absolute Gasteiger partial charge is 0.491 e.